The second-order valence-corrected chi connectivity index (χ2v) is 5.87. The van der Waals surface area contributed by atoms with Crippen LogP contribution in [0.25, 0.3) is 0 Å². The minimum absolute atomic E-state index is 0.212. The zero-order valence-corrected chi connectivity index (χ0v) is 14.2. The summed E-state index contributed by atoms with van der Waals surface area (Å²) in [5, 5.41) is 5.67. The Morgan fingerprint density at radius 2 is 1.72 bits per heavy atom. The first kappa shape index (κ1) is 17.1. The van der Waals surface area contributed by atoms with Crippen molar-refractivity contribution in [1.82, 2.24) is 5.32 Å². The summed E-state index contributed by atoms with van der Waals surface area (Å²) in [5.74, 6) is 2.60. The number of carbonyl (C=O) groups excluding carboxylic acids is 1. The van der Waals surface area contributed by atoms with Crippen LogP contribution in [0, 0.1) is 5.92 Å². The van der Waals surface area contributed by atoms with Crippen molar-refractivity contribution in [3.8, 4) is 17.2 Å². The van der Waals surface area contributed by atoms with E-state index in [-0.39, 0.29) is 6.03 Å². The van der Waals surface area contributed by atoms with Crippen LogP contribution in [0.1, 0.15) is 6.42 Å². The number of nitrogens with one attached hydrogen (secondary N) is 2. The average Bonchev–Trinajstić information content (AvgIpc) is 3.16. The fourth-order valence-electron chi connectivity index (χ4n) is 2.54. The van der Waals surface area contributed by atoms with E-state index in [0.29, 0.717) is 23.9 Å². The number of hydrogen-bond acceptors (Lipinski definition) is 4. The van der Waals surface area contributed by atoms with Gasteiger partial charge in [-0.15, -0.1) is 0 Å². The molecule has 0 bridgehead atoms. The highest BCUT2D eigenvalue weighted by Gasteiger charge is 2.16. The van der Waals surface area contributed by atoms with Crippen molar-refractivity contribution in [2.24, 2.45) is 5.92 Å². The van der Waals surface area contributed by atoms with Gasteiger partial charge in [0.25, 0.3) is 0 Å². The zero-order chi connectivity index (χ0) is 17.5. The van der Waals surface area contributed by atoms with Crippen molar-refractivity contribution in [2.45, 2.75) is 6.42 Å². The maximum Gasteiger partial charge on any atom is 0.319 e. The Kier molecular flexibility index (Phi) is 5.74. The Morgan fingerprint density at radius 3 is 2.32 bits per heavy atom. The van der Waals surface area contributed by atoms with Gasteiger partial charge in [-0.05, 0) is 55.0 Å². The van der Waals surface area contributed by atoms with Gasteiger partial charge in [0.05, 0.1) is 13.7 Å². The summed E-state index contributed by atoms with van der Waals surface area (Å²) in [4.78, 5) is 11.9. The minimum atomic E-state index is -0.212. The zero-order valence-electron chi connectivity index (χ0n) is 14.2. The molecule has 2 amide bonds. The summed E-state index contributed by atoms with van der Waals surface area (Å²) in [7, 11) is 1.62. The first-order valence-electron chi connectivity index (χ1n) is 8.27. The first-order chi connectivity index (χ1) is 12.2. The van der Waals surface area contributed by atoms with Gasteiger partial charge in [0.15, 0.2) is 0 Å². The summed E-state index contributed by atoms with van der Waals surface area (Å²) in [6, 6.07) is 14.4. The largest absolute Gasteiger partial charge is 0.497 e. The normalized spacial score (nSPS) is 16.3. The molecule has 2 aromatic carbocycles. The Morgan fingerprint density at radius 1 is 1.08 bits per heavy atom. The van der Waals surface area contributed by atoms with Crippen LogP contribution >= 0.6 is 0 Å². The summed E-state index contributed by atoms with van der Waals surface area (Å²) in [6.45, 7) is 2.13. The molecule has 0 saturated carbocycles. The second kappa shape index (κ2) is 8.39. The standard InChI is InChI=1S/C19H22N2O4/c1-23-16-6-8-18(9-7-16)25-17-4-2-15(3-5-17)21-19(22)20-12-14-10-11-24-13-14/h2-9,14H,10-13H2,1H3,(H2,20,21,22)/t14-/m0/s1. The van der Waals surface area contributed by atoms with E-state index in [1.165, 1.54) is 0 Å². The first-order valence-corrected chi connectivity index (χ1v) is 8.27. The van der Waals surface area contributed by atoms with Gasteiger partial charge >= 0.3 is 6.03 Å². The van der Waals surface area contributed by atoms with Crippen molar-refractivity contribution in [3.05, 3.63) is 48.5 Å². The highest BCUT2D eigenvalue weighted by molar-refractivity contribution is 5.89. The molecule has 25 heavy (non-hydrogen) atoms. The Bertz CT molecular complexity index is 680. The maximum atomic E-state index is 11.9. The molecule has 0 radical (unpaired) electrons. The fraction of sp³-hybridized carbons (Fsp3) is 0.316. The fourth-order valence-corrected chi connectivity index (χ4v) is 2.54. The average molecular weight is 342 g/mol. The van der Waals surface area contributed by atoms with E-state index in [1.54, 1.807) is 19.2 Å². The highest BCUT2D eigenvalue weighted by Crippen LogP contribution is 2.24. The molecule has 132 valence electrons. The highest BCUT2D eigenvalue weighted by atomic mass is 16.5. The van der Waals surface area contributed by atoms with E-state index < -0.39 is 0 Å². The molecule has 3 rings (SSSR count). The molecule has 1 atom stereocenters. The van der Waals surface area contributed by atoms with E-state index in [9.17, 15) is 4.79 Å². The summed E-state index contributed by atoms with van der Waals surface area (Å²) < 4.78 is 16.2. The van der Waals surface area contributed by atoms with Crippen molar-refractivity contribution in [2.75, 3.05) is 32.2 Å². The van der Waals surface area contributed by atoms with Gasteiger partial charge < -0.3 is 24.8 Å². The monoisotopic (exact) mass is 342 g/mol. The summed E-state index contributed by atoms with van der Waals surface area (Å²) in [6.07, 6.45) is 0.998. The molecule has 0 aliphatic carbocycles. The topological polar surface area (TPSA) is 68.8 Å². The lowest BCUT2D eigenvalue weighted by atomic mass is 10.1. The van der Waals surface area contributed by atoms with E-state index in [4.69, 9.17) is 14.2 Å². The number of ether oxygens (including phenoxy) is 3. The van der Waals surface area contributed by atoms with Crippen LogP contribution in [0.5, 0.6) is 17.2 Å². The number of urea groups is 1. The van der Waals surface area contributed by atoms with Crippen molar-refractivity contribution >= 4 is 11.7 Å². The molecular weight excluding hydrogens is 320 g/mol. The van der Waals surface area contributed by atoms with E-state index in [1.807, 2.05) is 36.4 Å². The summed E-state index contributed by atoms with van der Waals surface area (Å²) in [5.41, 5.74) is 0.710. The number of rotatable bonds is 6. The molecular formula is C19H22N2O4. The Labute approximate surface area is 147 Å². The van der Waals surface area contributed by atoms with Crippen LogP contribution in [-0.4, -0.2) is 32.9 Å². The lowest BCUT2D eigenvalue weighted by molar-refractivity contribution is 0.185. The molecule has 0 unspecified atom stereocenters. The van der Waals surface area contributed by atoms with Crippen molar-refractivity contribution in [3.63, 3.8) is 0 Å². The predicted octanol–water partition coefficient (Wildman–Crippen LogP) is 3.65. The smallest absolute Gasteiger partial charge is 0.319 e. The molecule has 1 saturated heterocycles. The maximum absolute atomic E-state index is 11.9. The second-order valence-electron chi connectivity index (χ2n) is 5.87. The van der Waals surface area contributed by atoms with Crippen LogP contribution in [0.4, 0.5) is 10.5 Å². The molecule has 1 heterocycles. The molecule has 1 aliphatic rings. The third kappa shape index (κ3) is 5.12. The number of amides is 2. The van der Waals surface area contributed by atoms with Crippen molar-refractivity contribution in [1.29, 1.82) is 0 Å². The van der Waals surface area contributed by atoms with Crippen LogP contribution in [0.2, 0.25) is 0 Å². The van der Waals surface area contributed by atoms with Gasteiger partial charge in [-0.25, -0.2) is 4.79 Å². The number of anilines is 1. The molecule has 6 heteroatoms. The van der Waals surface area contributed by atoms with Crippen LogP contribution < -0.4 is 20.1 Å². The minimum Gasteiger partial charge on any atom is -0.497 e. The van der Waals surface area contributed by atoms with E-state index in [2.05, 4.69) is 10.6 Å². The number of benzene rings is 2. The number of methoxy groups -OCH3 is 1. The van der Waals surface area contributed by atoms with Gasteiger partial charge in [0.1, 0.15) is 17.2 Å². The van der Waals surface area contributed by atoms with Gasteiger partial charge in [-0.2, -0.15) is 0 Å². The Hall–Kier alpha value is -2.73. The number of carbonyl (C=O) groups is 1. The third-order valence-corrected chi connectivity index (χ3v) is 3.98. The summed E-state index contributed by atoms with van der Waals surface area (Å²) >= 11 is 0. The third-order valence-electron chi connectivity index (χ3n) is 3.98. The quantitative estimate of drug-likeness (QED) is 0.841. The lowest BCUT2D eigenvalue weighted by Crippen LogP contribution is -2.33. The molecule has 2 aromatic rings. The van der Waals surface area contributed by atoms with Crippen molar-refractivity contribution < 1.29 is 19.0 Å². The lowest BCUT2D eigenvalue weighted by Gasteiger charge is -2.11. The van der Waals surface area contributed by atoms with Crippen LogP contribution in [0.3, 0.4) is 0 Å². The van der Waals surface area contributed by atoms with Gasteiger partial charge in [-0.3, -0.25) is 0 Å². The Balaban J connectivity index is 1.48. The molecule has 0 aromatic heterocycles. The SMILES string of the molecule is COc1ccc(Oc2ccc(NC(=O)NC[C@@H]3CCOC3)cc2)cc1. The molecule has 1 aliphatic heterocycles. The van der Waals surface area contributed by atoms with Gasteiger partial charge in [0, 0.05) is 24.8 Å². The van der Waals surface area contributed by atoms with Crippen LogP contribution in [-0.2, 0) is 4.74 Å². The number of hydrogen-bond donors (Lipinski definition) is 2. The molecule has 6 nitrogen and oxygen atoms in total. The molecule has 2 N–H and O–H groups in total. The van der Waals surface area contributed by atoms with E-state index >= 15 is 0 Å². The van der Waals surface area contributed by atoms with Crippen LogP contribution in [0.15, 0.2) is 48.5 Å². The van der Waals surface area contributed by atoms with Gasteiger partial charge in [-0.1, -0.05) is 0 Å². The molecule has 0 spiro atoms. The molecule has 1 fully saturated rings. The van der Waals surface area contributed by atoms with E-state index in [0.717, 1.165) is 31.1 Å². The predicted molar refractivity (Wildman–Crippen MR) is 95.5 cm³/mol. The van der Waals surface area contributed by atoms with Gasteiger partial charge in [0.2, 0.25) is 0 Å².